The Morgan fingerprint density at radius 3 is 2.50 bits per heavy atom. The molecule has 0 saturated carbocycles. The minimum absolute atomic E-state index is 0.0472. The van der Waals surface area contributed by atoms with Crippen LogP contribution in [0.25, 0.3) is 0 Å². The number of carbonyl (C=O) groups is 1. The lowest BCUT2D eigenvalue weighted by Gasteiger charge is -2.10. The van der Waals surface area contributed by atoms with Gasteiger partial charge in [0.05, 0.1) is 28.0 Å². The van der Waals surface area contributed by atoms with E-state index in [-0.39, 0.29) is 18.1 Å². The van der Waals surface area contributed by atoms with Crippen molar-refractivity contribution in [2.75, 3.05) is 17.2 Å². The van der Waals surface area contributed by atoms with Gasteiger partial charge in [-0.25, -0.2) is 4.39 Å². The summed E-state index contributed by atoms with van der Waals surface area (Å²) < 4.78 is 13.4. The summed E-state index contributed by atoms with van der Waals surface area (Å²) in [6, 6.07) is 11.0. The summed E-state index contributed by atoms with van der Waals surface area (Å²) >= 11 is 11.8. The minimum atomic E-state index is -0.485. The zero-order valence-electron chi connectivity index (χ0n) is 10.3. The second-order valence-electron chi connectivity index (χ2n) is 3.98. The van der Waals surface area contributed by atoms with Gasteiger partial charge in [0.25, 0.3) is 0 Å². The molecule has 20 heavy (non-hydrogen) atoms. The van der Waals surface area contributed by atoms with E-state index in [2.05, 4.69) is 10.6 Å². The van der Waals surface area contributed by atoms with Crippen molar-refractivity contribution in [3.8, 4) is 0 Å². The van der Waals surface area contributed by atoms with Gasteiger partial charge in [-0.2, -0.15) is 0 Å². The Morgan fingerprint density at radius 2 is 1.75 bits per heavy atom. The molecular formula is C14H11Cl2FN2O. The predicted molar refractivity (Wildman–Crippen MR) is 80.0 cm³/mol. The molecule has 0 fully saturated rings. The highest BCUT2D eigenvalue weighted by Crippen LogP contribution is 2.29. The molecule has 0 aliphatic carbocycles. The molecule has 0 unspecified atom stereocenters. The fourth-order valence-electron chi connectivity index (χ4n) is 1.57. The van der Waals surface area contributed by atoms with Crippen LogP contribution in [0.5, 0.6) is 0 Å². The smallest absolute Gasteiger partial charge is 0.243 e. The molecule has 104 valence electrons. The summed E-state index contributed by atoms with van der Waals surface area (Å²) in [5.41, 5.74) is 0.680. The molecule has 0 aliphatic heterocycles. The number of rotatable bonds is 4. The van der Waals surface area contributed by atoms with Gasteiger partial charge in [-0.1, -0.05) is 41.4 Å². The van der Waals surface area contributed by atoms with Crippen LogP contribution in [-0.4, -0.2) is 12.5 Å². The van der Waals surface area contributed by atoms with Crippen LogP contribution in [0.3, 0.4) is 0 Å². The number of para-hydroxylation sites is 1. The van der Waals surface area contributed by atoms with E-state index < -0.39 is 5.82 Å². The van der Waals surface area contributed by atoms with E-state index in [1.54, 1.807) is 30.3 Å². The third-order valence-corrected chi connectivity index (χ3v) is 3.36. The van der Waals surface area contributed by atoms with Crippen LogP contribution in [0, 0.1) is 5.82 Å². The second kappa shape index (κ2) is 6.59. The summed E-state index contributed by atoms with van der Waals surface area (Å²) in [5.74, 6) is -0.868. The lowest BCUT2D eigenvalue weighted by atomic mass is 10.3. The summed E-state index contributed by atoms with van der Waals surface area (Å²) in [6.45, 7) is -0.0472. The summed E-state index contributed by atoms with van der Waals surface area (Å²) in [4.78, 5) is 11.7. The van der Waals surface area contributed by atoms with Gasteiger partial charge in [0.1, 0.15) is 5.82 Å². The van der Waals surface area contributed by atoms with E-state index in [9.17, 15) is 9.18 Å². The number of carbonyl (C=O) groups excluding carboxylic acids is 1. The Kier molecular flexibility index (Phi) is 4.82. The quantitative estimate of drug-likeness (QED) is 0.889. The zero-order valence-corrected chi connectivity index (χ0v) is 11.8. The molecule has 0 saturated heterocycles. The maximum Gasteiger partial charge on any atom is 0.243 e. The molecule has 0 atom stereocenters. The van der Waals surface area contributed by atoms with Crippen LogP contribution in [0.4, 0.5) is 15.8 Å². The average Bonchev–Trinajstić information content (AvgIpc) is 2.43. The van der Waals surface area contributed by atoms with Gasteiger partial charge >= 0.3 is 0 Å². The lowest BCUT2D eigenvalue weighted by molar-refractivity contribution is -0.114. The first-order valence-corrected chi connectivity index (χ1v) is 6.56. The van der Waals surface area contributed by atoms with Gasteiger partial charge in [-0.15, -0.1) is 0 Å². The largest absolute Gasteiger partial charge is 0.375 e. The van der Waals surface area contributed by atoms with Crippen molar-refractivity contribution < 1.29 is 9.18 Å². The normalized spacial score (nSPS) is 10.2. The van der Waals surface area contributed by atoms with Crippen molar-refractivity contribution in [2.24, 2.45) is 0 Å². The van der Waals surface area contributed by atoms with Gasteiger partial charge in [-0.3, -0.25) is 4.79 Å². The number of amides is 1. The Balaban J connectivity index is 1.96. The summed E-state index contributed by atoms with van der Waals surface area (Å²) in [6.07, 6.45) is 0. The van der Waals surface area contributed by atoms with E-state index in [1.165, 1.54) is 12.1 Å². The predicted octanol–water partition coefficient (Wildman–Crippen LogP) is 4.18. The average molecular weight is 313 g/mol. The first kappa shape index (κ1) is 14.6. The van der Waals surface area contributed by atoms with Crippen LogP contribution < -0.4 is 10.6 Å². The first-order valence-electron chi connectivity index (χ1n) is 5.80. The number of halogens is 3. The van der Waals surface area contributed by atoms with E-state index in [4.69, 9.17) is 23.2 Å². The summed E-state index contributed by atoms with van der Waals surface area (Å²) in [5, 5.41) is 6.04. The van der Waals surface area contributed by atoms with Gasteiger partial charge in [0.2, 0.25) is 5.91 Å². The molecule has 0 radical (unpaired) electrons. The molecule has 0 aliphatic rings. The topological polar surface area (TPSA) is 41.1 Å². The van der Waals surface area contributed by atoms with Gasteiger partial charge in [-0.05, 0) is 24.3 Å². The van der Waals surface area contributed by atoms with Crippen LogP contribution in [0.2, 0.25) is 10.0 Å². The third kappa shape index (κ3) is 3.62. The first-order chi connectivity index (χ1) is 9.58. The van der Waals surface area contributed by atoms with Crippen molar-refractivity contribution in [2.45, 2.75) is 0 Å². The molecule has 0 heterocycles. The highest BCUT2D eigenvalue weighted by Gasteiger charge is 2.08. The van der Waals surface area contributed by atoms with Crippen LogP contribution in [0.1, 0.15) is 0 Å². The Labute approximate surface area is 125 Å². The lowest BCUT2D eigenvalue weighted by Crippen LogP contribution is -2.22. The molecule has 6 heteroatoms. The van der Waals surface area contributed by atoms with Crippen LogP contribution in [0.15, 0.2) is 42.5 Å². The van der Waals surface area contributed by atoms with Crippen molar-refractivity contribution in [1.82, 2.24) is 0 Å². The van der Waals surface area contributed by atoms with Crippen LogP contribution in [-0.2, 0) is 4.79 Å². The van der Waals surface area contributed by atoms with Gasteiger partial charge < -0.3 is 10.6 Å². The van der Waals surface area contributed by atoms with Crippen molar-refractivity contribution in [3.63, 3.8) is 0 Å². The maximum absolute atomic E-state index is 13.4. The molecule has 1 amide bonds. The van der Waals surface area contributed by atoms with Crippen molar-refractivity contribution in [3.05, 3.63) is 58.3 Å². The Bertz CT molecular complexity index is 634. The van der Waals surface area contributed by atoms with E-state index in [0.29, 0.717) is 15.7 Å². The SMILES string of the molecule is O=C(CNc1cccc(Cl)c1Cl)Nc1ccccc1F. The Hall–Kier alpha value is -1.78. The van der Waals surface area contributed by atoms with E-state index in [0.717, 1.165) is 0 Å². The number of anilines is 2. The van der Waals surface area contributed by atoms with Crippen molar-refractivity contribution >= 4 is 40.5 Å². The number of nitrogens with one attached hydrogen (secondary N) is 2. The standard InChI is InChI=1S/C14H11Cl2FN2O/c15-9-4-3-7-12(14(9)16)18-8-13(20)19-11-6-2-1-5-10(11)17/h1-7,18H,8H2,(H,19,20). The fraction of sp³-hybridized carbons (Fsp3) is 0.0714. The second-order valence-corrected chi connectivity index (χ2v) is 4.77. The molecule has 0 spiro atoms. The van der Waals surface area contributed by atoms with E-state index in [1.807, 2.05) is 0 Å². The molecule has 2 aromatic rings. The monoisotopic (exact) mass is 312 g/mol. The Morgan fingerprint density at radius 1 is 1.05 bits per heavy atom. The highest BCUT2D eigenvalue weighted by atomic mass is 35.5. The molecule has 3 nitrogen and oxygen atoms in total. The molecule has 0 aromatic heterocycles. The highest BCUT2D eigenvalue weighted by molar-refractivity contribution is 6.43. The maximum atomic E-state index is 13.4. The van der Waals surface area contributed by atoms with Crippen LogP contribution >= 0.6 is 23.2 Å². The molecule has 0 bridgehead atoms. The van der Waals surface area contributed by atoms with Crippen molar-refractivity contribution in [1.29, 1.82) is 0 Å². The fourth-order valence-corrected chi connectivity index (χ4v) is 1.94. The van der Waals surface area contributed by atoms with E-state index >= 15 is 0 Å². The number of hydrogen-bond acceptors (Lipinski definition) is 2. The molecular weight excluding hydrogens is 302 g/mol. The van der Waals surface area contributed by atoms with Gasteiger partial charge in [0.15, 0.2) is 0 Å². The number of benzene rings is 2. The molecule has 2 rings (SSSR count). The number of hydrogen-bond donors (Lipinski definition) is 2. The molecule has 2 aromatic carbocycles. The zero-order chi connectivity index (χ0) is 14.5. The summed E-state index contributed by atoms with van der Waals surface area (Å²) in [7, 11) is 0. The third-order valence-electron chi connectivity index (χ3n) is 2.54. The molecule has 2 N–H and O–H groups in total. The van der Waals surface area contributed by atoms with Gasteiger partial charge in [0, 0.05) is 0 Å². The minimum Gasteiger partial charge on any atom is -0.375 e.